The smallest absolute Gasteiger partial charge is 0.312 e. The zero-order valence-electron chi connectivity index (χ0n) is 16.6. The van der Waals surface area contributed by atoms with Gasteiger partial charge < -0.3 is 10.3 Å². The van der Waals surface area contributed by atoms with Crippen LogP contribution < -0.4 is 10.5 Å². The number of nitrogens with zero attached hydrogens (tertiary/aromatic N) is 4. The van der Waals surface area contributed by atoms with E-state index in [0.29, 0.717) is 24.2 Å². The summed E-state index contributed by atoms with van der Waals surface area (Å²) in [6.07, 6.45) is 0.539. The van der Waals surface area contributed by atoms with Crippen molar-refractivity contribution in [3.63, 3.8) is 0 Å². The molecular formula is C19H21FN6O3S. The Balaban J connectivity index is 1.80. The average Bonchev–Trinajstić information content (AvgIpc) is 3.21. The number of benzene rings is 1. The number of hydrogen-bond donors (Lipinski definition) is 2. The predicted molar refractivity (Wildman–Crippen MR) is 109 cm³/mol. The Labute approximate surface area is 172 Å². The van der Waals surface area contributed by atoms with Crippen molar-refractivity contribution in [1.82, 2.24) is 24.2 Å². The maximum Gasteiger partial charge on any atom is 0.312 e. The third kappa shape index (κ3) is 3.65. The van der Waals surface area contributed by atoms with Gasteiger partial charge in [0.05, 0.1) is 5.75 Å². The van der Waals surface area contributed by atoms with Gasteiger partial charge in [0, 0.05) is 24.9 Å². The van der Waals surface area contributed by atoms with Gasteiger partial charge in [-0.2, -0.15) is 14.4 Å². The zero-order valence-corrected chi connectivity index (χ0v) is 17.4. The van der Waals surface area contributed by atoms with Crippen LogP contribution in [0.5, 0.6) is 0 Å². The number of aryl methyl sites for hydroxylation is 3. The van der Waals surface area contributed by atoms with Gasteiger partial charge in [-0.1, -0.05) is 6.07 Å². The number of halogens is 1. The zero-order chi connectivity index (χ0) is 21.6. The summed E-state index contributed by atoms with van der Waals surface area (Å²) in [5, 5.41) is 0. The minimum atomic E-state index is -3.51. The molecule has 30 heavy (non-hydrogen) atoms. The lowest BCUT2D eigenvalue weighted by Crippen LogP contribution is -2.25. The van der Waals surface area contributed by atoms with Crippen molar-refractivity contribution in [2.24, 2.45) is 0 Å². The number of rotatable bonds is 6. The van der Waals surface area contributed by atoms with Crippen LogP contribution in [0, 0.1) is 13.0 Å². The molecule has 11 heteroatoms. The van der Waals surface area contributed by atoms with E-state index in [-0.39, 0.29) is 35.1 Å². The van der Waals surface area contributed by atoms with Gasteiger partial charge in [0.15, 0.2) is 22.8 Å². The van der Waals surface area contributed by atoms with E-state index in [2.05, 4.69) is 19.7 Å². The van der Waals surface area contributed by atoms with Crippen LogP contribution >= 0.6 is 0 Å². The highest BCUT2D eigenvalue weighted by molar-refractivity contribution is 7.89. The topological polar surface area (TPSA) is 133 Å². The molecule has 3 N–H and O–H groups in total. The number of hydrogen-bond acceptors (Lipinski definition) is 7. The van der Waals surface area contributed by atoms with Gasteiger partial charge in [0.2, 0.25) is 10.0 Å². The van der Waals surface area contributed by atoms with E-state index in [0.717, 1.165) is 23.1 Å². The summed E-state index contributed by atoms with van der Waals surface area (Å²) in [5.41, 5.74) is 9.79. The van der Waals surface area contributed by atoms with Gasteiger partial charge in [-0.05, 0) is 43.1 Å². The van der Waals surface area contributed by atoms with Crippen LogP contribution in [0.2, 0.25) is 0 Å². The normalized spacial score (nSPS) is 13.9. The molecule has 9 nitrogen and oxygen atoms in total. The second-order valence-electron chi connectivity index (χ2n) is 7.29. The summed E-state index contributed by atoms with van der Waals surface area (Å²) in [5.74, 6) is 0.220. The van der Waals surface area contributed by atoms with Gasteiger partial charge in [-0.15, -0.1) is 0 Å². The fraction of sp³-hybridized carbons (Fsp3) is 0.368. The fourth-order valence-corrected chi connectivity index (χ4v) is 4.37. The van der Waals surface area contributed by atoms with Crippen LogP contribution in [0.25, 0.3) is 11.2 Å². The molecule has 2 heterocycles. The van der Waals surface area contributed by atoms with Crippen molar-refractivity contribution >= 4 is 32.8 Å². The number of nitrogens with two attached hydrogens (primary N) is 1. The molecule has 0 radical (unpaired) electrons. The number of fused-ring (bicyclic) bond motifs is 2. The molecule has 3 aromatic rings. The summed E-state index contributed by atoms with van der Waals surface area (Å²) >= 11 is 0. The lowest BCUT2D eigenvalue weighted by atomic mass is 9.98. The van der Waals surface area contributed by atoms with Crippen molar-refractivity contribution in [2.45, 2.75) is 32.7 Å². The molecule has 1 aliphatic rings. The van der Waals surface area contributed by atoms with Gasteiger partial charge >= 0.3 is 6.08 Å². The van der Waals surface area contributed by atoms with Crippen molar-refractivity contribution in [3.05, 3.63) is 46.3 Å². The summed E-state index contributed by atoms with van der Waals surface area (Å²) in [7, 11) is -2.18. The first-order chi connectivity index (χ1) is 14.2. The van der Waals surface area contributed by atoms with Crippen LogP contribution in [0.1, 0.15) is 39.3 Å². The van der Waals surface area contributed by atoms with Crippen LogP contribution in [0.15, 0.2) is 12.1 Å². The third-order valence-electron chi connectivity index (χ3n) is 5.40. The number of nitrogen functional groups attached to an aromatic ring is 1. The Morgan fingerprint density at radius 2 is 2.00 bits per heavy atom. The molecular weight excluding hydrogens is 411 g/mol. The van der Waals surface area contributed by atoms with Crippen molar-refractivity contribution in [1.29, 1.82) is 0 Å². The number of aromatic nitrogens is 4. The average molecular weight is 432 g/mol. The van der Waals surface area contributed by atoms with E-state index < -0.39 is 16.1 Å². The molecule has 1 aliphatic carbocycles. The first-order valence-corrected chi connectivity index (χ1v) is 11.1. The molecule has 0 aliphatic heterocycles. The third-order valence-corrected chi connectivity index (χ3v) is 6.74. The summed E-state index contributed by atoms with van der Waals surface area (Å²) in [6, 6.07) is 3.87. The van der Waals surface area contributed by atoms with E-state index >= 15 is 0 Å². The summed E-state index contributed by atoms with van der Waals surface area (Å²) < 4.78 is 41.5. The van der Waals surface area contributed by atoms with E-state index in [1.54, 1.807) is 4.57 Å². The Bertz CT molecular complexity index is 1290. The van der Waals surface area contributed by atoms with Crippen LogP contribution in [0.4, 0.5) is 10.2 Å². The molecule has 0 atom stereocenters. The Morgan fingerprint density at radius 3 is 2.73 bits per heavy atom. The highest BCUT2D eigenvalue weighted by atomic mass is 32.2. The number of carbonyl (C=O) groups is 1. The Morgan fingerprint density at radius 1 is 1.23 bits per heavy atom. The minimum absolute atomic E-state index is 0.00776. The maximum atomic E-state index is 13.8. The maximum absolute atomic E-state index is 13.8. The van der Waals surface area contributed by atoms with E-state index in [1.165, 1.54) is 7.05 Å². The van der Waals surface area contributed by atoms with E-state index in [9.17, 15) is 17.6 Å². The number of nitrogens with one attached hydrogen (secondary N) is 1. The molecule has 0 spiro atoms. The van der Waals surface area contributed by atoms with E-state index in [4.69, 9.17) is 5.73 Å². The summed E-state index contributed by atoms with van der Waals surface area (Å²) in [6.45, 7) is 1.96. The van der Waals surface area contributed by atoms with E-state index in [1.807, 2.05) is 19.1 Å². The second kappa shape index (κ2) is 7.40. The molecule has 0 amide bonds. The largest absolute Gasteiger partial charge is 0.382 e. The highest BCUT2D eigenvalue weighted by Gasteiger charge is 2.23. The van der Waals surface area contributed by atoms with Crippen molar-refractivity contribution < 1.29 is 17.6 Å². The molecule has 4 rings (SSSR count). The predicted octanol–water partition coefficient (Wildman–Crippen LogP) is 1.12. The van der Waals surface area contributed by atoms with Crippen LogP contribution in [-0.2, 0) is 29.4 Å². The quantitative estimate of drug-likeness (QED) is 0.558. The lowest BCUT2D eigenvalue weighted by Gasteiger charge is -2.12. The Hall–Kier alpha value is -2.92. The van der Waals surface area contributed by atoms with Crippen LogP contribution in [0.3, 0.4) is 0 Å². The van der Waals surface area contributed by atoms with Crippen molar-refractivity contribution in [3.8, 4) is 0 Å². The molecule has 1 aromatic carbocycles. The number of imidazole rings is 1. The number of ketones is 1. The van der Waals surface area contributed by atoms with Gasteiger partial charge in [-0.25, -0.2) is 18.1 Å². The van der Waals surface area contributed by atoms with Gasteiger partial charge in [0.25, 0.3) is 0 Å². The van der Waals surface area contributed by atoms with Crippen molar-refractivity contribution in [2.75, 3.05) is 18.5 Å². The first kappa shape index (κ1) is 20.4. The molecule has 0 bridgehead atoms. The molecule has 0 fully saturated rings. The number of Topliss-reactive ketones (excluding diaryl/α,β-unsaturated/α-hetero) is 1. The lowest BCUT2D eigenvalue weighted by molar-refractivity contribution is 0.0994. The van der Waals surface area contributed by atoms with Gasteiger partial charge in [0.1, 0.15) is 5.82 Å². The molecule has 0 unspecified atom stereocenters. The molecule has 2 aromatic heterocycles. The molecule has 158 valence electrons. The SMILES string of the molecule is CNS(=O)(=O)CCn1c(Cc2cc3c(cc2C)CCC3=O)nc2c(N)nc(F)nc21. The monoisotopic (exact) mass is 432 g/mol. The molecule has 0 saturated heterocycles. The molecule has 0 saturated carbocycles. The number of carbonyl (C=O) groups excluding carboxylic acids is 1. The van der Waals surface area contributed by atoms with Gasteiger partial charge in [-0.3, -0.25) is 4.79 Å². The fourth-order valence-electron chi connectivity index (χ4n) is 3.75. The standard InChI is InChI=1S/C19H21FN6O3S/c1-10-7-11-3-4-14(27)13(11)8-12(10)9-15-23-16-17(21)24-19(20)25-18(16)26(15)5-6-30(28,29)22-2/h7-8,22H,3-6,9H2,1-2H3,(H2,21,24,25). The highest BCUT2D eigenvalue weighted by Crippen LogP contribution is 2.28. The van der Waals surface area contributed by atoms with Crippen LogP contribution in [-0.4, -0.2) is 46.5 Å². The first-order valence-electron chi connectivity index (χ1n) is 9.43. The number of anilines is 1. The Kier molecular flexibility index (Phi) is 5.02. The minimum Gasteiger partial charge on any atom is -0.382 e. The second-order valence-corrected chi connectivity index (χ2v) is 9.33. The summed E-state index contributed by atoms with van der Waals surface area (Å²) in [4.78, 5) is 23.9. The number of sulfonamides is 1.